The van der Waals surface area contributed by atoms with Crippen LogP contribution in [0.4, 0.5) is 5.69 Å². The van der Waals surface area contributed by atoms with Crippen molar-refractivity contribution in [3.05, 3.63) is 24.3 Å². The van der Waals surface area contributed by atoms with Gasteiger partial charge in [0.1, 0.15) is 5.75 Å². The van der Waals surface area contributed by atoms with Crippen molar-refractivity contribution in [2.75, 3.05) is 83.5 Å². The van der Waals surface area contributed by atoms with Gasteiger partial charge in [-0.15, -0.1) is 0 Å². The number of rotatable bonds is 9. The summed E-state index contributed by atoms with van der Waals surface area (Å²) in [5.74, 6) is 1.19. The fourth-order valence-electron chi connectivity index (χ4n) is 4.11. The Labute approximate surface area is 186 Å². The van der Waals surface area contributed by atoms with E-state index in [0.29, 0.717) is 32.8 Å². The Bertz CT molecular complexity index is 713. The lowest BCUT2D eigenvalue weighted by atomic mass is 10.2. The van der Waals surface area contributed by atoms with Crippen molar-refractivity contribution in [1.29, 1.82) is 0 Å². The molecule has 172 valence electrons. The summed E-state index contributed by atoms with van der Waals surface area (Å²) < 4.78 is 5.77. The molecule has 8 heteroatoms. The molecule has 31 heavy (non-hydrogen) atoms. The maximum absolute atomic E-state index is 12.8. The van der Waals surface area contributed by atoms with E-state index in [2.05, 4.69) is 26.1 Å². The molecule has 2 saturated heterocycles. The normalized spacial score (nSPS) is 18.1. The van der Waals surface area contributed by atoms with E-state index in [-0.39, 0.29) is 11.8 Å². The van der Waals surface area contributed by atoms with Crippen LogP contribution in [0.25, 0.3) is 0 Å². The quantitative estimate of drug-likeness (QED) is 0.626. The average Bonchev–Trinajstić information content (AvgIpc) is 2.79. The van der Waals surface area contributed by atoms with E-state index < -0.39 is 0 Å². The van der Waals surface area contributed by atoms with Gasteiger partial charge in [0.15, 0.2) is 0 Å². The predicted octanol–water partition coefficient (Wildman–Crippen LogP) is 0.878. The van der Waals surface area contributed by atoms with Gasteiger partial charge < -0.3 is 19.9 Å². The third kappa shape index (κ3) is 6.83. The highest BCUT2D eigenvalue weighted by atomic mass is 16.5. The number of ether oxygens (including phenoxy) is 1. The topological polar surface area (TPSA) is 68.4 Å². The first-order valence-electron chi connectivity index (χ1n) is 11.6. The Morgan fingerprint density at radius 1 is 0.903 bits per heavy atom. The van der Waals surface area contributed by atoms with Crippen LogP contribution in [0.3, 0.4) is 0 Å². The molecule has 2 amide bonds. The van der Waals surface area contributed by atoms with Crippen LogP contribution >= 0.6 is 0 Å². The SMILES string of the molecule is CCCNC(=O)CN1CCN(C(=O)CN2CCN(c3ccccc3OCC)CC2)CC1. The van der Waals surface area contributed by atoms with Gasteiger partial charge in [0.25, 0.3) is 0 Å². The molecule has 1 N–H and O–H groups in total. The number of hydrogen-bond donors (Lipinski definition) is 1. The van der Waals surface area contributed by atoms with E-state index in [4.69, 9.17) is 4.74 Å². The summed E-state index contributed by atoms with van der Waals surface area (Å²) in [6.07, 6.45) is 0.946. The number of carbonyl (C=O) groups is 2. The number of para-hydroxylation sites is 2. The van der Waals surface area contributed by atoms with Crippen LogP contribution in [0.15, 0.2) is 24.3 Å². The fourth-order valence-corrected chi connectivity index (χ4v) is 4.11. The molecule has 0 radical (unpaired) electrons. The van der Waals surface area contributed by atoms with Gasteiger partial charge in [0.2, 0.25) is 11.8 Å². The molecule has 0 spiro atoms. The molecule has 8 nitrogen and oxygen atoms in total. The van der Waals surface area contributed by atoms with Crippen LogP contribution in [0.2, 0.25) is 0 Å². The molecule has 2 aliphatic rings. The Morgan fingerprint density at radius 3 is 2.23 bits per heavy atom. The molecular formula is C23H37N5O3. The van der Waals surface area contributed by atoms with Crippen molar-refractivity contribution in [3.63, 3.8) is 0 Å². The molecule has 1 aromatic rings. The summed E-state index contributed by atoms with van der Waals surface area (Å²) in [5.41, 5.74) is 1.13. The summed E-state index contributed by atoms with van der Waals surface area (Å²) in [7, 11) is 0. The molecule has 2 aliphatic heterocycles. The number of nitrogens with zero attached hydrogens (tertiary/aromatic N) is 4. The Morgan fingerprint density at radius 2 is 1.55 bits per heavy atom. The summed E-state index contributed by atoms with van der Waals surface area (Å²) in [6.45, 7) is 12.7. The van der Waals surface area contributed by atoms with E-state index in [9.17, 15) is 9.59 Å². The number of anilines is 1. The number of carbonyl (C=O) groups excluding carboxylic acids is 2. The first-order chi connectivity index (χ1) is 15.1. The largest absolute Gasteiger partial charge is 0.492 e. The third-order valence-electron chi connectivity index (χ3n) is 5.90. The van der Waals surface area contributed by atoms with Gasteiger partial charge in [0, 0.05) is 58.9 Å². The van der Waals surface area contributed by atoms with Crippen molar-refractivity contribution in [1.82, 2.24) is 20.0 Å². The first kappa shape index (κ1) is 23.3. The zero-order chi connectivity index (χ0) is 22.1. The van der Waals surface area contributed by atoms with Gasteiger partial charge in [-0.1, -0.05) is 19.1 Å². The zero-order valence-electron chi connectivity index (χ0n) is 19.0. The van der Waals surface area contributed by atoms with Gasteiger partial charge in [-0.25, -0.2) is 0 Å². The van der Waals surface area contributed by atoms with E-state index in [1.54, 1.807) is 0 Å². The summed E-state index contributed by atoms with van der Waals surface area (Å²) in [5, 5.41) is 2.91. The number of hydrogen-bond acceptors (Lipinski definition) is 6. The van der Waals surface area contributed by atoms with Gasteiger partial charge in [-0.2, -0.15) is 0 Å². The Balaban J connectivity index is 1.39. The molecule has 0 unspecified atom stereocenters. The minimum atomic E-state index is 0.0745. The molecule has 3 rings (SSSR count). The second-order valence-electron chi connectivity index (χ2n) is 8.17. The maximum atomic E-state index is 12.8. The zero-order valence-corrected chi connectivity index (χ0v) is 19.0. The van der Waals surface area contributed by atoms with E-state index >= 15 is 0 Å². The van der Waals surface area contributed by atoms with Crippen LogP contribution in [-0.4, -0.2) is 105 Å². The van der Waals surface area contributed by atoms with Crippen LogP contribution in [0.1, 0.15) is 20.3 Å². The van der Waals surface area contributed by atoms with Crippen molar-refractivity contribution < 1.29 is 14.3 Å². The van der Waals surface area contributed by atoms with Gasteiger partial charge in [-0.3, -0.25) is 19.4 Å². The van der Waals surface area contributed by atoms with Crippen molar-refractivity contribution in [3.8, 4) is 5.75 Å². The highest BCUT2D eigenvalue weighted by Gasteiger charge is 2.26. The van der Waals surface area contributed by atoms with Gasteiger partial charge >= 0.3 is 0 Å². The van der Waals surface area contributed by atoms with Crippen LogP contribution in [0, 0.1) is 0 Å². The first-order valence-corrected chi connectivity index (χ1v) is 11.6. The number of piperazine rings is 2. The summed E-state index contributed by atoms with van der Waals surface area (Å²) in [4.78, 5) is 33.3. The van der Waals surface area contributed by atoms with Gasteiger partial charge in [-0.05, 0) is 25.5 Å². The molecule has 1 aromatic carbocycles. The Hall–Kier alpha value is -2.32. The standard InChI is InChI=1S/C23H37N5O3/c1-3-9-24-22(29)18-25-12-16-28(17-13-25)23(30)19-26-10-14-27(15-11-26)20-7-5-6-8-21(20)31-4-2/h5-8H,3-4,9-19H2,1-2H3,(H,24,29). The molecule has 0 saturated carbocycles. The number of benzene rings is 1. The minimum absolute atomic E-state index is 0.0745. The second kappa shape index (κ2) is 11.9. The van der Waals surface area contributed by atoms with Crippen LogP contribution in [-0.2, 0) is 9.59 Å². The summed E-state index contributed by atoms with van der Waals surface area (Å²) in [6, 6.07) is 8.16. The molecule has 0 aliphatic carbocycles. The highest BCUT2D eigenvalue weighted by Crippen LogP contribution is 2.28. The van der Waals surface area contributed by atoms with Crippen molar-refractivity contribution in [2.24, 2.45) is 0 Å². The minimum Gasteiger partial charge on any atom is -0.492 e. The van der Waals surface area contributed by atoms with E-state index in [1.165, 1.54) is 0 Å². The Kier molecular flexibility index (Phi) is 8.97. The lowest BCUT2D eigenvalue weighted by Crippen LogP contribution is -2.54. The molecule has 0 aromatic heterocycles. The second-order valence-corrected chi connectivity index (χ2v) is 8.17. The van der Waals surface area contributed by atoms with Crippen molar-refractivity contribution >= 4 is 17.5 Å². The number of amides is 2. The lowest BCUT2D eigenvalue weighted by Gasteiger charge is -2.38. The lowest BCUT2D eigenvalue weighted by molar-refractivity contribution is -0.134. The molecule has 2 heterocycles. The molecule has 2 fully saturated rings. The number of nitrogens with one attached hydrogen (secondary N) is 1. The fraction of sp³-hybridized carbons (Fsp3) is 0.652. The smallest absolute Gasteiger partial charge is 0.236 e. The highest BCUT2D eigenvalue weighted by molar-refractivity contribution is 5.79. The van der Waals surface area contributed by atoms with Crippen LogP contribution < -0.4 is 15.0 Å². The maximum Gasteiger partial charge on any atom is 0.236 e. The molecule has 0 atom stereocenters. The van der Waals surface area contributed by atoms with Crippen molar-refractivity contribution in [2.45, 2.75) is 20.3 Å². The molecular weight excluding hydrogens is 394 g/mol. The average molecular weight is 432 g/mol. The summed E-state index contributed by atoms with van der Waals surface area (Å²) >= 11 is 0. The van der Waals surface area contributed by atoms with E-state index in [1.807, 2.05) is 36.9 Å². The van der Waals surface area contributed by atoms with Crippen LogP contribution in [0.5, 0.6) is 5.75 Å². The monoisotopic (exact) mass is 431 g/mol. The predicted molar refractivity (Wildman–Crippen MR) is 123 cm³/mol. The molecule has 0 bridgehead atoms. The van der Waals surface area contributed by atoms with E-state index in [0.717, 1.165) is 63.7 Å². The van der Waals surface area contributed by atoms with Gasteiger partial charge in [0.05, 0.1) is 25.4 Å². The third-order valence-corrected chi connectivity index (χ3v) is 5.90.